The molecule has 0 aliphatic carbocycles. The van der Waals surface area contributed by atoms with Gasteiger partial charge in [0.15, 0.2) is 0 Å². The minimum absolute atomic E-state index is 0.270. The number of likely N-dealkylation sites (tertiary alicyclic amines) is 1. The third kappa shape index (κ3) is 5.78. The van der Waals surface area contributed by atoms with E-state index in [1.807, 2.05) is 0 Å². The first-order valence-electron chi connectivity index (χ1n) is 10.1. The number of carbonyl (C=O) groups excluding carboxylic acids is 2. The number of carbonyl (C=O) groups is 2. The number of nitrogens with zero attached hydrogens (tertiary/aromatic N) is 3. The monoisotopic (exact) mass is 499 g/mol. The zero-order valence-electron chi connectivity index (χ0n) is 18.2. The molecule has 1 aliphatic heterocycles. The van der Waals surface area contributed by atoms with E-state index in [0.717, 1.165) is 30.5 Å². The minimum atomic E-state index is -4.95. The molecule has 35 heavy (non-hydrogen) atoms. The predicted octanol–water partition coefficient (Wildman–Crippen LogP) is 3.27. The molecule has 2 aromatic carbocycles. The molecule has 0 radical (unpaired) electrons. The van der Waals surface area contributed by atoms with E-state index in [9.17, 15) is 35.9 Å². The van der Waals surface area contributed by atoms with Crippen LogP contribution in [0.5, 0.6) is 0 Å². The van der Waals surface area contributed by atoms with Crippen molar-refractivity contribution in [3.63, 3.8) is 0 Å². The van der Waals surface area contributed by atoms with Gasteiger partial charge in [-0.2, -0.15) is 18.3 Å². The first-order valence-corrected chi connectivity index (χ1v) is 10.1. The number of aliphatic imine (C=N–C) groups is 1. The molecule has 0 aromatic heterocycles. The van der Waals surface area contributed by atoms with Gasteiger partial charge in [-0.05, 0) is 30.2 Å². The van der Waals surface area contributed by atoms with Crippen molar-refractivity contribution >= 4 is 29.4 Å². The number of hydrazone groups is 1. The number of amides is 2. The van der Waals surface area contributed by atoms with Gasteiger partial charge in [0.2, 0.25) is 11.8 Å². The molecule has 1 fully saturated rings. The molecule has 3 rings (SSSR count). The first kappa shape index (κ1) is 25.7. The van der Waals surface area contributed by atoms with Gasteiger partial charge in [-0.1, -0.05) is 12.1 Å². The summed E-state index contributed by atoms with van der Waals surface area (Å²) in [5.74, 6) is -0.0240. The lowest BCUT2D eigenvalue weighted by molar-refractivity contribution is -0.140. The number of nitrogens with one attached hydrogen (secondary N) is 1. The summed E-state index contributed by atoms with van der Waals surface area (Å²) in [6, 6.07) is 3.18. The maximum absolute atomic E-state index is 14.7. The van der Waals surface area contributed by atoms with Crippen molar-refractivity contribution in [3.05, 3.63) is 64.5 Å². The van der Waals surface area contributed by atoms with Crippen LogP contribution in [-0.2, 0) is 22.2 Å². The lowest BCUT2D eigenvalue weighted by Crippen LogP contribution is -2.25. The summed E-state index contributed by atoms with van der Waals surface area (Å²) in [5.41, 5.74) is -3.52. The second-order valence-electron chi connectivity index (χ2n) is 7.67. The van der Waals surface area contributed by atoms with Crippen molar-refractivity contribution in [2.75, 3.05) is 18.9 Å². The highest BCUT2D eigenvalue weighted by atomic mass is 19.4. The number of rotatable bonds is 6. The van der Waals surface area contributed by atoms with Gasteiger partial charge in [0, 0.05) is 19.3 Å². The van der Waals surface area contributed by atoms with E-state index >= 15 is 0 Å². The molecule has 1 atom stereocenters. The van der Waals surface area contributed by atoms with Crippen LogP contribution in [0.4, 0.5) is 32.0 Å². The van der Waals surface area contributed by atoms with Crippen LogP contribution in [0, 0.1) is 17.5 Å². The van der Waals surface area contributed by atoms with Gasteiger partial charge in [0.05, 0.1) is 23.8 Å². The maximum Gasteiger partial charge on any atom is 0.419 e. The summed E-state index contributed by atoms with van der Waals surface area (Å²) in [7, 11) is 1.59. The smallest absolute Gasteiger partial charge is 0.344 e. The Hall–Kier alpha value is -3.90. The van der Waals surface area contributed by atoms with Crippen LogP contribution in [0.2, 0.25) is 0 Å². The third-order valence-electron chi connectivity index (χ3n) is 5.23. The van der Waals surface area contributed by atoms with Crippen LogP contribution in [0.25, 0.3) is 0 Å². The average molecular weight is 499 g/mol. The molecule has 2 aromatic rings. The van der Waals surface area contributed by atoms with Crippen molar-refractivity contribution in [1.29, 1.82) is 0 Å². The molecule has 1 heterocycles. The van der Waals surface area contributed by atoms with Gasteiger partial charge in [-0.25, -0.2) is 13.2 Å². The normalized spacial score (nSPS) is 16.9. The largest absolute Gasteiger partial charge is 0.419 e. The highest BCUT2D eigenvalue weighted by Gasteiger charge is 2.35. The number of hydrogen-bond donors (Lipinski definition) is 2. The van der Waals surface area contributed by atoms with E-state index in [0.29, 0.717) is 19.0 Å². The Bertz CT molecular complexity index is 1190. The lowest BCUT2D eigenvalue weighted by atomic mass is 10.1. The molecule has 186 valence electrons. The van der Waals surface area contributed by atoms with Gasteiger partial charge >= 0.3 is 6.18 Å². The quantitative estimate of drug-likeness (QED) is 0.276. The summed E-state index contributed by atoms with van der Waals surface area (Å²) in [4.78, 5) is 29.6. The van der Waals surface area contributed by atoms with Crippen molar-refractivity contribution in [1.82, 2.24) is 4.90 Å². The zero-order valence-corrected chi connectivity index (χ0v) is 18.2. The van der Waals surface area contributed by atoms with E-state index < -0.39 is 64.4 Å². The molecule has 1 saturated heterocycles. The highest BCUT2D eigenvalue weighted by Crippen LogP contribution is 2.32. The van der Waals surface area contributed by atoms with Crippen molar-refractivity contribution in [3.8, 4) is 0 Å². The molecule has 0 bridgehead atoms. The van der Waals surface area contributed by atoms with Crippen LogP contribution >= 0.6 is 0 Å². The fourth-order valence-corrected chi connectivity index (χ4v) is 3.47. The Balaban J connectivity index is 1.76. The van der Waals surface area contributed by atoms with Gasteiger partial charge in [0.25, 0.3) is 0 Å². The number of halogens is 6. The maximum atomic E-state index is 14.7. The van der Waals surface area contributed by atoms with Crippen LogP contribution in [0.15, 0.2) is 40.4 Å². The number of benzene rings is 2. The summed E-state index contributed by atoms with van der Waals surface area (Å²) in [5, 5.41) is 5.42. The number of likely N-dealkylation sites (N-methyl/N-ethyl adjacent to an activating group) is 1. The molecule has 2 amide bonds. The zero-order chi connectivity index (χ0) is 25.9. The number of anilines is 1. The second kappa shape index (κ2) is 10.2. The summed E-state index contributed by atoms with van der Waals surface area (Å²) >= 11 is 0. The first-order chi connectivity index (χ1) is 16.4. The number of alkyl halides is 3. The Labute approximate surface area is 195 Å². The fourth-order valence-electron chi connectivity index (χ4n) is 3.47. The summed E-state index contributed by atoms with van der Waals surface area (Å²) in [6.45, 7) is 0.470. The Morgan fingerprint density at radius 3 is 2.43 bits per heavy atom. The van der Waals surface area contributed by atoms with Crippen LogP contribution in [-0.4, -0.2) is 48.3 Å². The molecule has 1 aliphatic rings. The fraction of sp³-hybridized carbons (Fsp3) is 0.273. The molecular formula is C22H19F6N5O2. The number of hydrogen-bond acceptors (Lipinski definition) is 5. The average Bonchev–Trinajstić information content (AvgIpc) is 3.08. The Kier molecular flexibility index (Phi) is 7.46. The van der Waals surface area contributed by atoms with Gasteiger partial charge < -0.3 is 16.1 Å². The van der Waals surface area contributed by atoms with Crippen LogP contribution in [0.1, 0.15) is 23.1 Å². The van der Waals surface area contributed by atoms with Crippen molar-refractivity contribution < 1.29 is 35.9 Å². The predicted molar refractivity (Wildman–Crippen MR) is 115 cm³/mol. The minimum Gasteiger partial charge on any atom is -0.344 e. The SMILES string of the molecule is CN1CCC(N=C/C(=N\N)c2c(F)cc(NC(=O)Cc3cccc(C(F)(F)F)c3F)cc2F)C1=O. The van der Waals surface area contributed by atoms with Crippen LogP contribution < -0.4 is 11.2 Å². The molecule has 13 heteroatoms. The van der Waals surface area contributed by atoms with Gasteiger partial charge in [-0.15, -0.1) is 0 Å². The molecule has 0 spiro atoms. The van der Waals surface area contributed by atoms with E-state index in [1.165, 1.54) is 4.90 Å². The van der Waals surface area contributed by atoms with E-state index in [2.05, 4.69) is 15.4 Å². The van der Waals surface area contributed by atoms with Crippen LogP contribution in [0.3, 0.4) is 0 Å². The lowest BCUT2D eigenvalue weighted by Gasteiger charge is -2.12. The second-order valence-corrected chi connectivity index (χ2v) is 7.67. The Morgan fingerprint density at radius 2 is 1.89 bits per heavy atom. The third-order valence-corrected chi connectivity index (χ3v) is 5.23. The van der Waals surface area contributed by atoms with E-state index in [4.69, 9.17) is 5.84 Å². The summed E-state index contributed by atoms with van der Waals surface area (Å²) in [6.07, 6.45) is -4.39. The molecule has 1 unspecified atom stereocenters. The van der Waals surface area contributed by atoms with E-state index in [1.54, 1.807) is 7.05 Å². The van der Waals surface area contributed by atoms with Gasteiger partial charge in [0.1, 0.15) is 29.2 Å². The molecule has 7 nitrogen and oxygen atoms in total. The topological polar surface area (TPSA) is 100 Å². The molecule has 0 saturated carbocycles. The summed E-state index contributed by atoms with van der Waals surface area (Å²) < 4.78 is 82.0. The highest BCUT2D eigenvalue weighted by molar-refractivity contribution is 6.38. The van der Waals surface area contributed by atoms with Gasteiger partial charge in [-0.3, -0.25) is 14.6 Å². The van der Waals surface area contributed by atoms with Crippen molar-refractivity contribution in [2.24, 2.45) is 15.9 Å². The number of nitrogens with two attached hydrogens (primary N) is 1. The standard InChI is InChI=1S/C22H19F6N5O2/c1-33-6-5-16(21(33)35)30-10-17(32-29)19-14(23)8-12(9-15(19)24)31-18(34)7-11-3-2-4-13(20(11)25)22(26,27)28/h2-4,8-10,16H,5-7,29H2,1H3,(H,31,34)/b30-10?,32-17+. The van der Waals surface area contributed by atoms with E-state index in [-0.39, 0.29) is 11.6 Å². The molecule has 3 N–H and O–H groups in total. The Morgan fingerprint density at radius 1 is 1.23 bits per heavy atom. The molecular weight excluding hydrogens is 480 g/mol. The van der Waals surface area contributed by atoms with Crippen molar-refractivity contribution in [2.45, 2.75) is 25.1 Å².